The molecule has 0 radical (unpaired) electrons. The molecule has 1 fully saturated rings. The molecule has 0 saturated heterocycles. The lowest BCUT2D eigenvalue weighted by Crippen LogP contribution is -2.12. The third-order valence-corrected chi connectivity index (χ3v) is 3.43. The van der Waals surface area contributed by atoms with Crippen LogP contribution in [0, 0.1) is 5.92 Å². The summed E-state index contributed by atoms with van der Waals surface area (Å²) in [7, 11) is 0. The molecule has 2 heteroatoms. The van der Waals surface area contributed by atoms with E-state index in [0.29, 0.717) is 6.04 Å². The Hall–Kier alpha value is -0.790. The fraction of sp³-hybridized carbons (Fsp3) is 0.750. The fourth-order valence-corrected chi connectivity index (χ4v) is 2.56. The van der Waals surface area contributed by atoms with Crippen molar-refractivity contribution in [2.45, 2.75) is 51.5 Å². The molecule has 2 rings (SSSR count). The lowest BCUT2D eigenvalue weighted by Gasteiger charge is -2.25. The molecule has 0 aromatic carbocycles. The summed E-state index contributed by atoms with van der Waals surface area (Å²) in [5.74, 6) is 0.959. The summed E-state index contributed by atoms with van der Waals surface area (Å²) < 4.78 is 2.23. The van der Waals surface area contributed by atoms with Crippen molar-refractivity contribution < 1.29 is 0 Å². The van der Waals surface area contributed by atoms with Crippen LogP contribution in [0.5, 0.6) is 0 Å². The molecule has 1 heterocycles. The third-order valence-electron chi connectivity index (χ3n) is 3.43. The van der Waals surface area contributed by atoms with E-state index in [9.17, 15) is 0 Å². The van der Waals surface area contributed by atoms with Crippen LogP contribution in [0.2, 0.25) is 0 Å². The summed E-state index contributed by atoms with van der Waals surface area (Å²) >= 11 is 0. The molecule has 14 heavy (non-hydrogen) atoms. The number of hydrogen-bond donors (Lipinski definition) is 0. The highest BCUT2D eigenvalue weighted by molar-refractivity contribution is 4.80. The van der Waals surface area contributed by atoms with Gasteiger partial charge in [0.25, 0.3) is 0 Å². The normalized spacial score (nSPS) is 20.9. The monoisotopic (exact) mass is 192 g/mol. The maximum atomic E-state index is 4.10. The molecule has 0 spiro atoms. The zero-order valence-electron chi connectivity index (χ0n) is 9.02. The Morgan fingerprint density at radius 3 is 2.79 bits per heavy atom. The van der Waals surface area contributed by atoms with Gasteiger partial charge in [-0.05, 0) is 19.3 Å². The van der Waals surface area contributed by atoms with Crippen molar-refractivity contribution in [2.75, 3.05) is 0 Å². The minimum absolute atomic E-state index is 0.626. The molecule has 1 aliphatic rings. The molecule has 1 aliphatic carbocycles. The molecule has 0 aliphatic heterocycles. The predicted octanol–water partition coefficient (Wildman–Crippen LogP) is 3.41. The molecule has 1 aromatic heterocycles. The van der Waals surface area contributed by atoms with Crippen molar-refractivity contribution >= 4 is 0 Å². The summed E-state index contributed by atoms with van der Waals surface area (Å²) in [4.78, 5) is 4.10. The van der Waals surface area contributed by atoms with Crippen LogP contribution in [-0.2, 0) is 0 Å². The summed E-state index contributed by atoms with van der Waals surface area (Å²) in [5, 5.41) is 0. The standard InChI is InChI=1S/C12H20N2/c1-11(14-8-7-13-10-14)9-12-5-3-2-4-6-12/h7-8,10-12H,2-6,9H2,1H3. The molecule has 2 nitrogen and oxygen atoms in total. The second-order valence-electron chi connectivity index (χ2n) is 4.60. The van der Waals surface area contributed by atoms with Crippen LogP contribution in [0.1, 0.15) is 51.5 Å². The van der Waals surface area contributed by atoms with Crippen molar-refractivity contribution in [1.82, 2.24) is 9.55 Å². The van der Waals surface area contributed by atoms with Gasteiger partial charge in [-0.15, -0.1) is 0 Å². The average Bonchev–Trinajstić information content (AvgIpc) is 2.72. The highest BCUT2D eigenvalue weighted by atomic mass is 15.0. The first-order chi connectivity index (χ1) is 6.86. The highest BCUT2D eigenvalue weighted by Crippen LogP contribution is 2.30. The van der Waals surface area contributed by atoms with E-state index < -0.39 is 0 Å². The van der Waals surface area contributed by atoms with Crippen molar-refractivity contribution in [1.29, 1.82) is 0 Å². The quantitative estimate of drug-likeness (QED) is 0.717. The summed E-state index contributed by atoms with van der Waals surface area (Å²) in [6, 6.07) is 0.626. The van der Waals surface area contributed by atoms with E-state index in [0.717, 1.165) is 5.92 Å². The molecule has 0 N–H and O–H groups in total. The van der Waals surface area contributed by atoms with Crippen LogP contribution in [-0.4, -0.2) is 9.55 Å². The highest BCUT2D eigenvalue weighted by Gasteiger charge is 2.16. The van der Waals surface area contributed by atoms with Gasteiger partial charge in [0.2, 0.25) is 0 Å². The van der Waals surface area contributed by atoms with E-state index in [-0.39, 0.29) is 0 Å². The van der Waals surface area contributed by atoms with Gasteiger partial charge in [0.1, 0.15) is 0 Å². The Morgan fingerprint density at radius 1 is 1.36 bits per heavy atom. The van der Waals surface area contributed by atoms with Gasteiger partial charge < -0.3 is 4.57 Å². The van der Waals surface area contributed by atoms with Gasteiger partial charge in [0.15, 0.2) is 0 Å². The van der Waals surface area contributed by atoms with Crippen LogP contribution in [0.4, 0.5) is 0 Å². The lowest BCUT2D eigenvalue weighted by atomic mass is 9.85. The molecule has 1 saturated carbocycles. The van der Waals surface area contributed by atoms with E-state index in [4.69, 9.17) is 0 Å². The number of aromatic nitrogens is 2. The van der Waals surface area contributed by atoms with Gasteiger partial charge in [0.05, 0.1) is 6.33 Å². The minimum Gasteiger partial charge on any atom is -0.335 e. The van der Waals surface area contributed by atoms with Crippen molar-refractivity contribution in [3.63, 3.8) is 0 Å². The van der Waals surface area contributed by atoms with Gasteiger partial charge >= 0.3 is 0 Å². The van der Waals surface area contributed by atoms with Gasteiger partial charge in [0, 0.05) is 18.4 Å². The molecule has 1 aromatic rings. The van der Waals surface area contributed by atoms with E-state index >= 15 is 0 Å². The molecule has 0 bridgehead atoms. The zero-order chi connectivity index (χ0) is 9.80. The van der Waals surface area contributed by atoms with Crippen LogP contribution in [0.25, 0.3) is 0 Å². The molecule has 0 amide bonds. The van der Waals surface area contributed by atoms with E-state index in [1.54, 1.807) is 0 Å². The Labute approximate surface area is 86.3 Å². The summed E-state index contributed by atoms with van der Waals surface area (Å²) in [6.07, 6.45) is 14.4. The molecular weight excluding hydrogens is 172 g/mol. The SMILES string of the molecule is CC(CC1CCCCC1)n1ccnc1. The van der Waals surface area contributed by atoms with Crippen LogP contribution in [0.15, 0.2) is 18.7 Å². The molecule has 1 atom stereocenters. The minimum atomic E-state index is 0.626. The maximum absolute atomic E-state index is 4.10. The van der Waals surface area contributed by atoms with Gasteiger partial charge in [-0.25, -0.2) is 4.98 Å². The zero-order valence-corrected chi connectivity index (χ0v) is 9.02. The smallest absolute Gasteiger partial charge is 0.0948 e. The second-order valence-corrected chi connectivity index (χ2v) is 4.60. The van der Waals surface area contributed by atoms with Crippen LogP contribution in [0.3, 0.4) is 0 Å². The molecule has 1 unspecified atom stereocenters. The van der Waals surface area contributed by atoms with Crippen LogP contribution >= 0.6 is 0 Å². The second kappa shape index (κ2) is 4.63. The number of rotatable bonds is 3. The fourth-order valence-electron chi connectivity index (χ4n) is 2.56. The summed E-state index contributed by atoms with van der Waals surface area (Å²) in [5.41, 5.74) is 0. The van der Waals surface area contributed by atoms with Crippen LogP contribution < -0.4 is 0 Å². The molecule has 78 valence electrons. The van der Waals surface area contributed by atoms with Crippen molar-refractivity contribution in [3.05, 3.63) is 18.7 Å². The third kappa shape index (κ3) is 2.37. The average molecular weight is 192 g/mol. The topological polar surface area (TPSA) is 17.8 Å². The number of hydrogen-bond acceptors (Lipinski definition) is 1. The predicted molar refractivity (Wildman–Crippen MR) is 58.1 cm³/mol. The van der Waals surface area contributed by atoms with E-state index in [2.05, 4.69) is 22.7 Å². The Bertz CT molecular complexity index is 247. The van der Waals surface area contributed by atoms with Gasteiger partial charge in [-0.1, -0.05) is 32.1 Å². The van der Waals surface area contributed by atoms with Crippen molar-refractivity contribution in [2.24, 2.45) is 5.92 Å². The maximum Gasteiger partial charge on any atom is 0.0948 e. The Kier molecular flexibility index (Phi) is 3.22. The lowest BCUT2D eigenvalue weighted by molar-refractivity contribution is 0.296. The largest absolute Gasteiger partial charge is 0.335 e. The van der Waals surface area contributed by atoms with E-state index in [1.165, 1.54) is 38.5 Å². The number of imidazole rings is 1. The summed E-state index contributed by atoms with van der Waals surface area (Å²) in [6.45, 7) is 2.30. The van der Waals surface area contributed by atoms with Crippen molar-refractivity contribution in [3.8, 4) is 0 Å². The number of nitrogens with zero attached hydrogens (tertiary/aromatic N) is 2. The first-order valence-corrected chi connectivity index (χ1v) is 5.83. The Morgan fingerprint density at radius 2 is 2.14 bits per heavy atom. The van der Waals surface area contributed by atoms with E-state index in [1.807, 2.05) is 12.5 Å². The first kappa shape index (κ1) is 9.75. The van der Waals surface area contributed by atoms with Gasteiger partial charge in [-0.2, -0.15) is 0 Å². The first-order valence-electron chi connectivity index (χ1n) is 5.83. The van der Waals surface area contributed by atoms with Gasteiger partial charge in [-0.3, -0.25) is 0 Å². The Balaban J connectivity index is 1.84. The molecular formula is C12H20N2.